The van der Waals surface area contributed by atoms with Crippen molar-refractivity contribution in [3.8, 4) is 0 Å². The summed E-state index contributed by atoms with van der Waals surface area (Å²) in [5.74, 6) is 1.43. The summed E-state index contributed by atoms with van der Waals surface area (Å²) in [7, 11) is 0. The summed E-state index contributed by atoms with van der Waals surface area (Å²) in [6.45, 7) is 0.483. The first-order valence-electron chi connectivity index (χ1n) is 6.68. The number of fused-ring (bicyclic) bond motifs is 1. The molecule has 4 rings (SSSR count). The Kier molecular flexibility index (Phi) is 2.96. The van der Waals surface area contributed by atoms with E-state index >= 15 is 0 Å². The Bertz CT molecular complexity index is 748. The number of furan rings is 1. The molecule has 106 valence electrons. The highest BCUT2D eigenvalue weighted by Gasteiger charge is 2.33. The van der Waals surface area contributed by atoms with Gasteiger partial charge in [-0.1, -0.05) is 12.1 Å². The van der Waals surface area contributed by atoms with Crippen molar-refractivity contribution < 1.29 is 9.21 Å². The summed E-state index contributed by atoms with van der Waals surface area (Å²) in [4.78, 5) is 21.8. The fraction of sp³-hybridized carbons (Fsp3) is 0.200. The summed E-state index contributed by atoms with van der Waals surface area (Å²) in [6.07, 6.45) is 3.33. The molecule has 21 heavy (non-hydrogen) atoms. The Balaban J connectivity index is 1.63. The Labute approximate surface area is 125 Å². The quantitative estimate of drug-likeness (QED) is 0.807. The summed E-state index contributed by atoms with van der Waals surface area (Å²) in [5.41, 5.74) is 2.93. The molecule has 0 saturated carbocycles. The molecule has 3 aromatic rings. The topological polar surface area (TPSA) is 62.1 Å². The monoisotopic (exact) mass is 299 g/mol. The van der Waals surface area contributed by atoms with Crippen LogP contribution < -0.4 is 0 Å². The number of amides is 1. The van der Waals surface area contributed by atoms with Crippen molar-refractivity contribution in [3.05, 3.63) is 54.2 Å². The molecule has 1 aromatic carbocycles. The van der Waals surface area contributed by atoms with Gasteiger partial charge in [-0.2, -0.15) is 0 Å². The van der Waals surface area contributed by atoms with Gasteiger partial charge < -0.3 is 14.3 Å². The van der Waals surface area contributed by atoms with Crippen LogP contribution in [0.1, 0.15) is 16.8 Å². The van der Waals surface area contributed by atoms with Crippen molar-refractivity contribution in [3.63, 3.8) is 0 Å². The SMILES string of the molecule is O=C1CSC(c2ccoc2)N1Cc1nc2ccccc2[nH]1. The molecule has 1 amide bonds. The maximum Gasteiger partial charge on any atom is 0.234 e. The Morgan fingerprint density at radius 3 is 3.10 bits per heavy atom. The number of H-pyrrole nitrogens is 1. The Morgan fingerprint density at radius 2 is 2.29 bits per heavy atom. The molecular formula is C15H13N3O2S. The zero-order valence-corrected chi connectivity index (χ0v) is 12.0. The van der Waals surface area contributed by atoms with E-state index in [2.05, 4.69) is 9.97 Å². The standard InChI is InChI=1S/C15H13N3O2S/c19-14-9-21-15(10-5-6-20-8-10)18(14)7-13-16-11-3-1-2-4-12(11)17-13/h1-6,8,15H,7,9H2,(H,16,17). The van der Waals surface area contributed by atoms with E-state index in [-0.39, 0.29) is 11.3 Å². The molecule has 1 unspecified atom stereocenters. The maximum absolute atomic E-state index is 12.1. The van der Waals surface area contributed by atoms with Crippen molar-refractivity contribution in [2.24, 2.45) is 0 Å². The molecular weight excluding hydrogens is 286 g/mol. The van der Waals surface area contributed by atoms with Gasteiger partial charge in [0.1, 0.15) is 11.2 Å². The number of thioether (sulfide) groups is 1. The van der Waals surface area contributed by atoms with E-state index in [0.717, 1.165) is 22.4 Å². The number of para-hydroxylation sites is 2. The van der Waals surface area contributed by atoms with Gasteiger partial charge in [-0.25, -0.2) is 4.98 Å². The average molecular weight is 299 g/mol. The lowest BCUT2D eigenvalue weighted by Gasteiger charge is -2.21. The van der Waals surface area contributed by atoms with E-state index in [9.17, 15) is 4.79 Å². The van der Waals surface area contributed by atoms with Gasteiger partial charge in [0.25, 0.3) is 0 Å². The molecule has 0 spiro atoms. The van der Waals surface area contributed by atoms with Crippen LogP contribution in [0.3, 0.4) is 0 Å². The van der Waals surface area contributed by atoms with Gasteiger partial charge in [0.2, 0.25) is 5.91 Å². The number of hydrogen-bond acceptors (Lipinski definition) is 4. The minimum absolute atomic E-state index is 0.00413. The number of imidazole rings is 1. The number of aromatic nitrogens is 2. The van der Waals surface area contributed by atoms with Crippen molar-refractivity contribution in [2.45, 2.75) is 11.9 Å². The highest BCUT2D eigenvalue weighted by Crippen LogP contribution is 2.39. The van der Waals surface area contributed by atoms with Crippen LogP contribution in [-0.2, 0) is 11.3 Å². The van der Waals surface area contributed by atoms with Crippen LogP contribution in [0, 0.1) is 0 Å². The largest absolute Gasteiger partial charge is 0.472 e. The lowest BCUT2D eigenvalue weighted by Crippen LogP contribution is -2.28. The normalized spacial score (nSPS) is 18.8. The second-order valence-corrected chi connectivity index (χ2v) is 6.01. The van der Waals surface area contributed by atoms with Crippen LogP contribution in [0.2, 0.25) is 0 Å². The second-order valence-electron chi connectivity index (χ2n) is 4.94. The summed E-state index contributed by atoms with van der Waals surface area (Å²) >= 11 is 1.62. The molecule has 1 N–H and O–H groups in total. The zero-order valence-electron chi connectivity index (χ0n) is 11.2. The van der Waals surface area contributed by atoms with Gasteiger partial charge in [0, 0.05) is 5.56 Å². The van der Waals surface area contributed by atoms with Gasteiger partial charge in [-0.15, -0.1) is 11.8 Å². The van der Waals surface area contributed by atoms with Gasteiger partial charge in [-0.3, -0.25) is 4.79 Å². The molecule has 1 saturated heterocycles. The first-order valence-corrected chi connectivity index (χ1v) is 7.73. The van der Waals surface area contributed by atoms with E-state index < -0.39 is 0 Å². The fourth-order valence-electron chi connectivity index (χ4n) is 2.56. The molecule has 1 atom stereocenters. The van der Waals surface area contributed by atoms with Gasteiger partial charge in [0.15, 0.2) is 0 Å². The molecule has 2 aromatic heterocycles. The van der Waals surface area contributed by atoms with E-state index in [1.54, 1.807) is 24.3 Å². The molecule has 1 aliphatic heterocycles. The highest BCUT2D eigenvalue weighted by atomic mass is 32.2. The summed E-state index contributed by atoms with van der Waals surface area (Å²) < 4.78 is 5.13. The smallest absolute Gasteiger partial charge is 0.234 e. The van der Waals surface area contributed by atoms with Gasteiger partial charge >= 0.3 is 0 Å². The zero-order chi connectivity index (χ0) is 14.2. The first-order chi connectivity index (χ1) is 10.3. The van der Waals surface area contributed by atoms with E-state index in [1.807, 2.05) is 35.2 Å². The van der Waals surface area contributed by atoms with Crippen LogP contribution in [0.5, 0.6) is 0 Å². The third-order valence-electron chi connectivity index (χ3n) is 3.55. The lowest BCUT2D eigenvalue weighted by atomic mass is 10.3. The van der Waals surface area contributed by atoms with E-state index in [4.69, 9.17) is 4.42 Å². The number of nitrogens with zero attached hydrogens (tertiary/aromatic N) is 2. The van der Waals surface area contributed by atoms with Crippen LogP contribution in [0.25, 0.3) is 11.0 Å². The number of benzene rings is 1. The van der Waals surface area contributed by atoms with Gasteiger partial charge in [0.05, 0.1) is 35.9 Å². The number of carbonyl (C=O) groups excluding carboxylic acids is 1. The number of carbonyl (C=O) groups is 1. The van der Waals surface area contributed by atoms with Crippen molar-refractivity contribution in [1.82, 2.24) is 14.9 Å². The molecule has 3 heterocycles. The van der Waals surface area contributed by atoms with Crippen LogP contribution >= 0.6 is 11.8 Å². The number of hydrogen-bond donors (Lipinski definition) is 1. The van der Waals surface area contributed by atoms with Crippen LogP contribution in [0.4, 0.5) is 0 Å². The number of rotatable bonds is 3. The molecule has 1 aliphatic rings. The third kappa shape index (κ3) is 2.21. The molecule has 0 aliphatic carbocycles. The molecule has 0 radical (unpaired) electrons. The fourth-order valence-corrected chi connectivity index (χ4v) is 3.72. The Morgan fingerprint density at radius 1 is 1.38 bits per heavy atom. The molecule has 1 fully saturated rings. The lowest BCUT2D eigenvalue weighted by molar-refractivity contribution is -0.128. The van der Waals surface area contributed by atoms with E-state index in [1.165, 1.54) is 0 Å². The molecule has 6 heteroatoms. The summed E-state index contributed by atoms with van der Waals surface area (Å²) in [6, 6.07) is 9.78. The maximum atomic E-state index is 12.1. The highest BCUT2D eigenvalue weighted by molar-refractivity contribution is 8.00. The molecule has 0 bridgehead atoms. The minimum Gasteiger partial charge on any atom is -0.472 e. The minimum atomic E-state index is 0.00413. The summed E-state index contributed by atoms with van der Waals surface area (Å²) in [5, 5.41) is 0.00413. The first kappa shape index (κ1) is 12.5. The average Bonchev–Trinajstić information content (AvgIpc) is 3.19. The number of nitrogens with one attached hydrogen (secondary N) is 1. The van der Waals surface area contributed by atoms with Crippen LogP contribution in [-0.4, -0.2) is 26.5 Å². The predicted molar refractivity (Wildman–Crippen MR) is 80.6 cm³/mol. The van der Waals surface area contributed by atoms with Crippen LogP contribution in [0.15, 0.2) is 47.3 Å². The van der Waals surface area contributed by atoms with Crippen molar-refractivity contribution in [2.75, 3.05) is 5.75 Å². The molecule has 5 nitrogen and oxygen atoms in total. The van der Waals surface area contributed by atoms with Crippen molar-refractivity contribution in [1.29, 1.82) is 0 Å². The Hall–Kier alpha value is -2.21. The van der Waals surface area contributed by atoms with Gasteiger partial charge in [-0.05, 0) is 18.2 Å². The van der Waals surface area contributed by atoms with E-state index in [0.29, 0.717) is 12.3 Å². The van der Waals surface area contributed by atoms with Crippen molar-refractivity contribution >= 4 is 28.7 Å². The predicted octanol–water partition coefficient (Wildman–Crippen LogP) is 2.93. The second kappa shape index (κ2) is 4.96. The third-order valence-corrected chi connectivity index (χ3v) is 4.81. The number of aromatic amines is 1.